The zero-order valence-corrected chi connectivity index (χ0v) is 16.4. The van der Waals surface area contributed by atoms with Crippen LogP contribution in [0, 0.1) is 0 Å². The first-order valence-electron chi connectivity index (χ1n) is 8.98. The summed E-state index contributed by atoms with van der Waals surface area (Å²) < 4.78 is 24.0. The van der Waals surface area contributed by atoms with Crippen LogP contribution in [0.4, 0.5) is 0 Å². The van der Waals surface area contributed by atoms with Crippen molar-refractivity contribution in [2.45, 2.75) is 17.9 Å². The Labute approximate surface area is 168 Å². The molecule has 0 saturated heterocycles. The minimum atomic E-state index is -3.73. The first-order valence-corrected chi connectivity index (χ1v) is 10.5. The van der Waals surface area contributed by atoms with Crippen LogP contribution in [-0.2, 0) is 23.0 Å². The van der Waals surface area contributed by atoms with Crippen molar-refractivity contribution in [2.24, 2.45) is 5.14 Å². The number of sulfonamides is 1. The number of nitrogens with one attached hydrogen (secondary N) is 1. The van der Waals surface area contributed by atoms with Crippen molar-refractivity contribution in [3.63, 3.8) is 0 Å². The monoisotopic (exact) mass is 411 g/mol. The minimum Gasteiger partial charge on any atom is -0.352 e. The highest BCUT2D eigenvalue weighted by atomic mass is 32.2. The Morgan fingerprint density at radius 2 is 1.62 bits per heavy atom. The van der Waals surface area contributed by atoms with E-state index in [4.69, 9.17) is 5.14 Å². The van der Waals surface area contributed by atoms with Crippen LogP contribution in [0.1, 0.15) is 21.5 Å². The van der Waals surface area contributed by atoms with Gasteiger partial charge in [-0.15, -0.1) is 0 Å². The average Bonchev–Trinajstić information content (AvgIpc) is 2.70. The van der Waals surface area contributed by atoms with Crippen LogP contribution in [0.5, 0.6) is 0 Å². The predicted molar refractivity (Wildman–Crippen MR) is 110 cm³/mol. The van der Waals surface area contributed by atoms with Crippen molar-refractivity contribution in [1.82, 2.24) is 9.88 Å². The first kappa shape index (κ1) is 20.5. The van der Waals surface area contributed by atoms with E-state index >= 15 is 0 Å². The average molecular weight is 411 g/mol. The van der Waals surface area contributed by atoms with Crippen molar-refractivity contribution in [3.05, 3.63) is 100.0 Å². The number of primary sulfonamides is 1. The molecular formula is C21H21N3O4S. The topological polar surface area (TPSA) is 111 Å². The Bertz CT molecular complexity index is 1150. The molecule has 0 aliphatic heterocycles. The first-order chi connectivity index (χ1) is 13.8. The summed E-state index contributed by atoms with van der Waals surface area (Å²) in [7, 11) is -3.73. The van der Waals surface area contributed by atoms with Crippen LogP contribution in [0.25, 0.3) is 0 Å². The molecule has 8 heteroatoms. The van der Waals surface area contributed by atoms with Crippen LogP contribution in [-0.4, -0.2) is 25.4 Å². The van der Waals surface area contributed by atoms with Gasteiger partial charge in [0.05, 0.1) is 11.4 Å². The third kappa shape index (κ3) is 5.40. The van der Waals surface area contributed by atoms with Gasteiger partial charge in [0.25, 0.3) is 11.5 Å². The van der Waals surface area contributed by atoms with Gasteiger partial charge < -0.3 is 9.88 Å². The second-order valence-corrected chi connectivity index (χ2v) is 8.10. The lowest BCUT2D eigenvalue weighted by Gasteiger charge is -2.09. The van der Waals surface area contributed by atoms with Crippen molar-refractivity contribution >= 4 is 15.9 Å². The largest absolute Gasteiger partial charge is 0.352 e. The summed E-state index contributed by atoms with van der Waals surface area (Å²) in [5.41, 5.74) is 1.53. The Morgan fingerprint density at radius 1 is 0.931 bits per heavy atom. The highest BCUT2D eigenvalue weighted by Crippen LogP contribution is 2.09. The number of aromatic nitrogens is 1. The van der Waals surface area contributed by atoms with Gasteiger partial charge >= 0.3 is 0 Å². The molecule has 3 N–H and O–H groups in total. The van der Waals surface area contributed by atoms with Gasteiger partial charge in [-0.2, -0.15) is 0 Å². The predicted octanol–water partition coefficient (Wildman–Crippen LogP) is 1.52. The van der Waals surface area contributed by atoms with Gasteiger partial charge in [-0.3, -0.25) is 9.59 Å². The number of hydrogen-bond acceptors (Lipinski definition) is 4. The second-order valence-electron chi connectivity index (χ2n) is 6.54. The third-order valence-electron chi connectivity index (χ3n) is 4.41. The maximum Gasteiger partial charge on any atom is 0.263 e. The summed E-state index contributed by atoms with van der Waals surface area (Å²) in [4.78, 5) is 25.1. The lowest BCUT2D eigenvalue weighted by Crippen LogP contribution is -2.33. The summed E-state index contributed by atoms with van der Waals surface area (Å²) in [5.74, 6) is -0.446. The molecule has 29 heavy (non-hydrogen) atoms. The van der Waals surface area contributed by atoms with Crippen molar-refractivity contribution in [2.75, 3.05) is 6.54 Å². The van der Waals surface area contributed by atoms with Crippen LogP contribution in [0.3, 0.4) is 0 Å². The molecule has 1 aromatic heterocycles. The molecule has 0 aliphatic rings. The molecule has 0 saturated carbocycles. The Morgan fingerprint density at radius 3 is 2.28 bits per heavy atom. The van der Waals surface area contributed by atoms with Gasteiger partial charge in [-0.05, 0) is 41.8 Å². The lowest BCUT2D eigenvalue weighted by atomic mass is 10.1. The molecular weight excluding hydrogens is 390 g/mol. The third-order valence-corrected chi connectivity index (χ3v) is 5.34. The maximum absolute atomic E-state index is 12.6. The molecule has 150 valence electrons. The molecule has 0 atom stereocenters. The van der Waals surface area contributed by atoms with E-state index in [9.17, 15) is 18.0 Å². The molecule has 0 bridgehead atoms. The number of carbonyl (C=O) groups excluding carboxylic acids is 1. The van der Waals surface area contributed by atoms with Gasteiger partial charge in [0.15, 0.2) is 0 Å². The van der Waals surface area contributed by atoms with Crippen molar-refractivity contribution in [3.8, 4) is 0 Å². The quantitative estimate of drug-likeness (QED) is 0.614. The van der Waals surface area contributed by atoms with Gasteiger partial charge in [-0.1, -0.05) is 42.5 Å². The van der Waals surface area contributed by atoms with Crippen LogP contribution in [0.15, 0.2) is 82.6 Å². The van der Waals surface area contributed by atoms with E-state index in [0.717, 1.165) is 11.1 Å². The second kappa shape index (κ2) is 8.85. The molecule has 1 amide bonds. The van der Waals surface area contributed by atoms with E-state index in [1.807, 2.05) is 30.3 Å². The number of pyridine rings is 1. The number of nitrogens with two attached hydrogens (primary N) is 1. The molecule has 0 spiro atoms. The lowest BCUT2D eigenvalue weighted by molar-refractivity contribution is 0.0952. The van der Waals surface area contributed by atoms with Gasteiger partial charge in [0.2, 0.25) is 10.0 Å². The van der Waals surface area contributed by atoms with Gasteiger partial charge in [0.1, 0.15) is 5.56 Å². The maximum atomic E-state index is 12.6. The normalized spacial score (nSPS) is 11.2. The molecule has 1 heterocycles. The SMILES string of the molecule is NS(=O)(=O)c1ccc(CCNC(=O)c2cccn(Cc3ccccc3)c2=O)cc1. The summed E-state index contributed by atoms with van der Waals surface area (Å²) >= 11 is 0. The summed E-state index contributed by atoms with van der Waals surface area (Å²) in [6.45, 7) is 0.692. The number of carbonyl (C=O) groups is 1. The number of benzene rings is 2. The molecule has 7 nitrogen and oxygen atoms in total. The summed E-state index contributed by atoms with van der Waals surface area (Å²) in [5, 5.41) is 7.80. The number of rotatable bonds is 7. The van der Waals surface area contributed by atoms with E-state index in [0.29, 0.717) is 19.5 Å². The standard InChI is InChI=1S/C21H21N3O4S/c22-29(27,28)18-10-8-16(9-11-18)12-13-23-20(25)19-7-4-14-24(21(19)26)15-17-5-2-1-3-6-17/h1-11,14H,12-13,15H2,(H,23,25)(H2,22,27,28). The van der Waals surface area contributed by atoms with Crippen molar-refractivity contribution in [1.29, 1.82) is 0 Å². The minimum absolute atomic E-state index is 0.0357. The van der Waals surface area contributed by atoms with E-state index in [1.54, 1.807) is 24.4 Å². The summed E-state index contributed by atoms with van der Waals surface area (Å²) in [6.07, 6.45) is 2.14. The van der Waals surface area contributed by atoms with E-state index in [-0.39, 0.29) is 16.0 Å². The highest BCUT2D eigenvalue weighted by molar-refractivity contribution is 7.89. The van der Waals surface area contributed by atoms with Crippen LogP contribution < -0.4 is 16.0 Å². The zero-order valence-electron chi connectivity index (χ0n) is 15.6. The van der Waals surface area contributed by atoms with Gasteiger partial charge in [-0.25, -0.2) is 13.6 Å². The Balaban J connectivity index is 1.62. The smallest absolute Gasteiger partial charge is 0.263 e. The molecule has 0 fully saturated rings. The molecule has 0 radical (unpaired) electrons. The Kier molecular flexibility index (Phi) is 6.26. The molecule has 2 aromatic carbocycles. The summed E-state index contributed by atoms with van der Waals surface area (Å²) in [6, 6.07) is 18.8. The molecule has 0 aliphatic carbocycles. The van der Waals surface area contributed by atoms with E-state index in [1.165, 1.54) is 22.8 Å². The fourth-order valence-corrected chi connectivity index (χ4v) is 3.39. The van der Waals surface area contributed by atoms with Crippen LogP contribution >= 0.6 is 0 Å². The fourth-order valence-electron chi connectivity index (χ4n) is 2.88. The molecule has 3 aromatic rings. The number of amides is 1. The zero-order chi connectivity index (χ0) is 20.9. The number of hydrogen-bond donors (Lipinski definition) is 2. The number of nitrogens with zero attached hydrogens (tertiary/aromatic N) is 1. The highest BCUT2D eigenvalue weighted by Gasteiger charge is 2.12. The van der Waals surface area contributed by atoms with Gasteiger partial charge in [0, 0.05) is 12.7 Å². The molecule has 0 unspecified atom stereocenters. The van der Waals surface area contributed by atoms with E-state index in [2.05, 4.69) is 5.32 Å². The molecule has 3 rings (SSSR count). The fraction of sp³-hybridized carbons (Fsp3) is 0.143. The van der Waals surface area contributed by atoms with E-state index < -0.39 is 15.9 Å². The van der Waals surface area contributed by atoms with Crippen molar-refractivity contribution < 1.29 is 13.2 Å². The Hall–Kier alpha value is -3.23. The van der Waals surface area contributed by atoms with Crippen LogP contribution in [0.2, 0.25) is 0 Å².